The van der Waals surface area contributed by atoms with Gasteiger partial charge in [0.25, 0.3) is 0 Å². The summed E-state index contributed by atoms with van der Waals surface area (Å²) >= 11 is 0. The minimum Gasteiger partial charge on any atom is -0.290 e. The van der Waals surface area contributed by atoms with Gasteiger partial charge in [-0.25, -0.2) is 4.39 Å². The first-order valence-corrected chi connectivity index (χ1v) is 8.36. The molecule has 0 amide bonds. The van der Waals surface area contributed by atoms with Crippen LogP contribution in [0.15, 0.2) is 42.6 Å². The zero-order valence-electron chi connectivity index (χ0n) is 14.5. The number of alkyl halides is 3. The van der Waals surface area contributed by atoms with Crippen LogP contribution in [0, 0.1) is 5.82 Å². The van der Waals surface area contributed by atoms with E-state index in [0.717, 1.165) is 16.9 Å². The molecule has 27 heavy (non-hydrogen) atoms. The summed E-state index contributed by atoms with van der Waals surface area (Å²) in [5.74, 6) is -0.479. The van der Waals surface area contributed by atoms with Gasteiger partial charge in [-0.05, 0) is 23.3 Å². The Morgan fingerprint density at radius 1 is 1.07 bits per heavy atom. The lowest BCUT2D eigenvalue weighted by molar-refractivity contribution is -0.141. The van der Waals surface area contributed by atoms with E-state index in [1.54, 1.807) is 0 Å². The first-order valence-electron chi connectivity index (χ1n) is 8.36. The van der Waals surface area contributed by atoms with Gasteiger partial charge in [-0.2, -0.15) is 18.3 Å². The number of pyridine rings is 1. The fraction of sp³-hybridized carbons (Fsp3) is 0.263. The Hall–Kier alpha value is -2.74. The van der Waals surface area contributed by atoms with E-state index in [1.165, 1.54) is 24.2 Å². The molecule has 1 aromatic carbocycles. The largest absolute Gasteiger partial charge is 0.435 e. The summed E-state index contributed by atoms with van der Waals surface area (Å²) in [5.41, 5.74) is 2.24. The van der Waals surface area contributed by atoms with Gasteiger partial charge in [0.1, 0.15) is 5.82 Å². The molecule has 3 aromatic rings. The highest BCUT2D eigenvalue weighted by Crippen LogP contribution is 2.31. The second-order valence-electron chi connectivity index (χ2n) is 6.61. The predicted octanol–water partition coefficient (Wildman–Crippen LogP) is 4.16. The van der Waals surface area contributed by atoms with Crippen LogP contribution in [-0.2, 0) is 32.9 Å². The Morgan fingerprint density at radius 2 is 1.74 bits per heavy atom. The number of halogens is 4. The highest BCUT2D eigenvalue weighted by Gasteiger charge is 2.35. The Balaban J connectivity index is 1.61. The molecular formula is C19H16F4N4. The highest BCUT2D eigenvalue weighted by atomic mass is 19.4. The Kier molecular flexibility index (Phi) is 4.22. The number of hydrogen-bond donors (Lipinski definition) is 0. The molecule has 0 saturated carbocycles. The average Bonchev–Trinajstić information content (AvgIpc) is 3.19. The van der Waals surface area contributed by atoms with Crippen molar-refractivity contribution < 1.29 is 17.6 Å². The number of rotatable bonds is 3. The van der Waals surface area contributed by atoms with Crippen molar-refractivity contribution in [2.75, 3.05) is 0 Å². The molecule has 0 spiro atoms. The van der Waals surface area contributed by atoms with Gasteiger partial charge in [0.05, 0.1) is 17.6 Å². The maximum absolute atomic E-state index is 14.3. The standard InChI is InChI=1S/C19H16F4N4/c1-26-17(7-18(25-26)19(21,22)23)16-6-14(15(20)8-24-16)11-27-9-12-4-2-3-5-13(12)10-27/h2-8H,9-11H2,1H3. The van der Waals surface area contributed by atoms with Crippen LogP contribution in [-0.4, -0.2) is 19.7 Å². The first kappa shape index (κ1) is 17.7. The number of aryl methyl sites for hydroxylation is 1. The van der Waals surface area contributed by atoms with Gasteiger partial charge < -0.3 is 0 Å². The van der Waals surface area contributed by atoms with Crippen molar-refractivity contribution in [2.45, 2.75) is 25.8 Å². The number of nitrogens with zero attached hydrogens (tertiary/aromatic N) is 4. The van der Waals surface area contributed by atoms with Crippen LogP contribution in [0.5, 0.6) is 0 Å². The Morgan fingerprint density at radius 3 is 2.33 bits per heavy atom. The second kappa shape index (κ2) is 6.45. The van der Waals surface area contributed by atoms with Gasteiger partial charge in [0.2, 0.25) is 0 Å². The molecule has 2 aromatic heterocycles. The lowest BCUT2D eigenvalue weighted by atomic mass is 10.1. The molecular weight excluding hydrogens is 360 g/mol. The van der Waals surface area contributed by atoms with Crippen LogP contribution < -0.4 is 0 Å². The van der Waals surface area contributed by atoms with Crippen molar-refractivity contribution in [1.29, 1.82) is 0 Å². The van der Waals surface area contributed by atoms with Crippen molar-refractivity contribution in [2.24, 2.45) is 7.05 Å². The molecule has 0 aliphatic carbocycles. The number of fused-ring (bicyclic) bond motifs is 1. The highest BCUT2D eigenvalue weighted by molar-refractivity contribution is 5.56. The molecule has 3 heterocycles. The van der Waals surface area contributed by atoms with Crippen molar-refractivity contribution in [1.82, 2.24) is 19.7 Å². The third kappa shape index (κ3) is 3.44. The quantitative estimate of drug-likeness (QED) is 0.644. The van der Waals surface area contributed by atoms with E-state index in [-0.39, 0.29) is 11.4 Å². The van der Waals surface area contributed by atoms with E-state index >= 15 is 0 Å². The molecule has 1 aliphatic heterocycles. The molecule has 0 saturated heterocycles. The molecule has 140 valence electrons. The van der Waals surface area contributed by atoms with Crippen molar-refractivity contribution in [3.8, 4) is 11.4 Å². The van der Waals surface area contributed by atoms with Crippen LogP contribution in [0.25, 0.3) is 11.4 Å². The lowest BCUT2D eigenvalue weighted by Gasteiger charge is -2.16. The van der Waals surface area contributed by atoms with E-state index in [9.17, 15) is 17.6 Å². The summed E-state index contributed by atoms with van der Waals surface area (Å²) in [6, 6.07) is 10.4. The molecule has 0 unspecified atom stereocenters. The maximum atomic E-state index is 14.3. The van der Waals surface area contributed by atoms with Gasteiger partial charge in [-0.15, -0.1) is 0 Å². The van der Waals surface area contributed by atoms with Gasteiger partial charge in [-0.3, -0.25) is 14.6 Å². The normalized spacial score (nSPS) is 14.6. The summed E-state index contributed by atoms with van der Waals surface area (Å²) in [7, 11) is 1.41. The van der Waals surface area contributed by atoms with Crippen molar-refractivity contribution in [3.63, 3.8) is 0 Å². The molecule has 0 bridgehead atoms. The van der Waals surface area contributed by atoms with Crippen LogP contribution in [0.3, 0.4) is 0 Å². The third-order valence-electron chi connectivity index (χ3n) is 4.67. The second-order valence-corrected chi connectivity index (χ2v) is 6.61. The molecule has 4 rings (SSSR count). The van der Waals surface area contributed by atoms with E-state index in [1.807, 2.05) is 24.3 Å². The summed E-state index contributed by atoms with van der Waals surface area (Å²) in [4.78, 5) is 6.04. The summed E-state index contributed by atoms with van der Waals surface area (Å²) < 4.78 is 54.0. The number of aromatic nitrogens is 3. The van der Waals surface area contributed by atoms with Crippen molar-refractivity contribution in [3.05, 3.63) is 70.8 Å². The fourth-order valence-corrected chi connectivity index (χ4v) is 3.34. The molecule has 0 N–H and O–H groups in total. The summed E-state index contributed by atoms with van der Waals surface area (Å²) in [6.07, 6.45) is -3.49. The predicted molar refractivity (Wildman–Crippen MR) is 90.8 cm³/mol. The van der Waals surface area contributed by atoms with Crippen LogP contribution in [0.2, 0.25) is 0 Å². The SMILES string of the molecule is Cn1nc(C(F)(F)F)cc1-c1cc(CN2Cc3ccccc3C2)c(F)cn1. The smallest absolute Gasteiger partial charge is 0.290 e. The van der Waals surface area contributed by atoms with Gasteiger partial charge in [0, 0.05) is 32.2 Å². The van der Waals surface area contributed by atoms with E-state index in [2.05, 4.69) is 15.0 Å². The van der Waals surface area contributed by atoms with Gasteiger partial charge >= 0.3 is 6.18 Å². The average molecular weight is 376 g/mol. The van der Waals surface area contributed by atoms with E-state index in [0.29, 0.717) is 25.2 Å². The van der Waals surface area contributed by atoms with Gasteiger partial charge in [0.15, 0.2) is 5.69 Å². The van der Waals surface area contributed by atoms with Gasteiger partial charge in [-0.1, -0.05) is 24.3 Å². The fourth-order valence-electron chi connectivity index (χ4n) is 3.34. The minimum atomic E-state index is -4.54. The topological polar surface area (TPSA) is 34.0 Å². The Bertz CT molecular complexity index is 969. The molecule has 4 nitrogen and oxygen atoms in total. The zero-order chi connectivity index (χ0) is 19.2. The maximum Gasteiger partial charge on any atom is 0.435 e. The molecule has 0 radical (unpaired) electrons. The van der Waals surface area contributed by atoms with E-state index in [4.69, 9.17) is 0 Å². The Labute approximate surface area is 153 Å². The first-order chi connectivity index (χ1) is 12.8. The van der Waals surface area contributed by atoms with Crippen LogP contribution in [0.4, 0.5) is 17.6 Å². The van der Waals surface area contributed by atoms with Crippen LogP contribution in [0.1, 0.15) is 22.4 Å². The molecule has 0 fully saturated rings. The van der Waals surface area contributed by atoms with Crippen molar-refractivity contribution >= 4 is 0 Å². The third-order valence-corrected chi connectivity index (χ3v) is 4.67. The monoisotopic (exact) mass is 376 g/mol. The van der Waals surface area contributed by atoms with E-state index < -0.39 is 17.7 Å². The molecule has 0 atom stereocenters. The summed E-state index contributed by atoms with van der Waals surface area (Å²) in [6.45, 7) is 1.76. The molecule has 1 aliphatic rings. The zero-order valence-corrected chi connectivity index (χ0v) is 14.5. The molecule has 8 heteroatoms. The lowest BCUT2D eigenvalue weighted by Crippen LogP contribution is -2.17. The van der Waals surface area contributed by atoms with Crippen LogP contribution >= 0.6 is 0 Å². The summed E-state index contributed by atoms with van der Waals surface area (Å²) in [5, 5.41) is 3.49. The number of benzene rings is 1. The number of hydrogen-bond acceptors (Lipinski definition) is 3. The minimum absolute atomic E-state index is 0.188.